The van der Waals surface area contributed by atoms with Crippen LogP contribution < -0.4 is 4.74 Å². The number of hydrogen-bond acceptors (Lipinski definition) is 1. The standard InChI is InChI=1S/C17H12O/c1-2-7-15-13(5-1)11-12-6-3-8-14(12)16-9-4-10-18-17(15)16/h1-9,11H,10H2. The minimum absolute atomic E-state index is 0.656. The maximum Gasteiger partial charge on any atom is 0.135 e. The summed E-state index contributed by atoms with van der Waals surface area (Å²) in [6.07, 6.45) is 4.25. The van der Waals surface area contributed by atoms with Crippen molar-refractivity contribution in [2.45, 2.75) is 0 Å². The first-order chi connectivity index (χ1) is 8.93. The van der Waals surface area contributed by atoms with Crippen LogP contribution in [0.15, 0.2) is 54.6 Å². The highest BCUT2D eigenvalue weighted by atomic mass is 16.5. The van der Waals surface area contributed by atoms with Gasteiger partial charge in [-0.2, -0.15) is 0 Å². The molecule has 1 nitrogen and oxygen atoms in total. The largest absolute Gasteiger partial charge is 0.488 e. The molecule has 0 bridgehead atoms. The first-order valence-corrected chi connectivity index (χ1v) is 6.17. The fourth-order valence-corrected chi connectivity index (χ4v) is 2.69. The van der Waals surface area contributed by atoms with E-state index in [2.05, 4.69) is 60.7 Å². The SMILES string of the molecule is C1=Cc2c3cccc-3cc3ccccc3c2OC1. The molecule has 0 saturated carbocycles. The summed E-state index contributed by atoms with van der Waals surface area (Å²) in [6, 6.07) is 17.1. The van der Waals surface area contributed by atoms with Gasteiger partial charge in [0.05, 0.1) is 0 Å². The van der Waals surface area contributed by atoms with E-state index >= 15 is 0 Å². The van der Waals surface area contributed by atoms with Crippen molar-refractivity contribution in [1.82, 2.24) is 0 Å². The molecule has 1 aromatic rings. The summed E-state index contributed by atoms with van der Waals surface area (Å²) in [5, 5.41) is 2.42. The van der Waals surface area contributed by atoms with Gasteiger partial charge in [-0.05, 0) is 28.7 Å². The van der Waals surface area contributed by atoms with E-state index < -0.39 is 0 Å². The van der Waals surface area contributed by atoms with Crippen molar-refractivity contribution in [3.63, 3.8) is 0 Å². The summed E-state index contributed by atoms with van der Waals surface area (Å²) in [6.45, 7) is 0.656. The van der Waals surface area contributed by atoms with Gasteiger partial charge in [0.25, 0.3) is 0 Å². The number of benzene rings is 1. The molecule has 3 aliphatic rings. The van der Waals surface area contributed by atoms with Gasteiger partial charge in [0, 0.05) is 10.9 Å². The van der Waals surface area contributed by atoms with Crippen LogP contribution in [0.5, 0.6) is 5.75 Å². The van der Waals surface area contributed by atoms with Gasteiger partial charge in [-0.1, -0.05) is 48.5 Å². The predicted octanol–water partition coefficient (Wildman–Crippen LogP) is 4.35. The van der Waals surface area contributed by atoms with Crippen LogP contribution in [0.4, 0.5) is 0 Å². The molecular weight excluding hydrogens is 220 g/mol. The third kappa shape index (κ3) is 1.28. The molecule has 4 rings (SSSR count). The lowest BCUT2D eigenvalue weighted by molar-refractivity contribution is 0.363. The van der Waals surface area contributed by atoms with E-state index in [-0.39, 0.29) is 0 Å². The summed E-state index contributed by atoms with van der Waals surface area (Å²) < 4.78 is 5.89. The zero-order chi connectivity index (χ0) is 11.9. The van der Waals surface area contributed by atoms with E-state index in [4.69, 9.17) is 4.74 Å². The third-order valence-electron chi connectivity index (χ3n) is 3.51. The first-order valence-electron chi connectivity index (χ1n) is 6.17. The van der Waals surface area contributed by atoms with Crippen LogP contribution in [-0.4, -0.2) is 6.61 Å². The molecule has 0 saturated heterocycles. The molecule has 2 aliphatic carbocycles. The molecule has 0 amide bonds. The maximum atomic E-state index is 5.89. The van der Waals surface area contributed by atoms with E-state index in [1.165, 1.54) is 27.5 Å². The monoisotopic (exact) mass is 232 g/mol. The highest BCUT2D eigenvalue weighted by molar-refractivity contribution is 5.97. The maximum absolute atomic E-state index is 5.89. The Labute approximate surface area is 106 Å². The third-order valence-corrected chi connectivity index (χ3v) is 3.51. The van der Waals surface area contributed by atoms with Crippen LogP contribution >= 0.6 is 0 Å². The molecule has 0 radical (unpaired) electrons. The average Bonchev–Trinajstić information content (AvgIpc) is 2.83. The van der Waals surface area contributed by atoms with Crippen LogP contribution in [0.1, 0.15) is 5.56 Å². The minimum Gasteiger partial charge on any atom is -0.488 e. The smallest absolute Gasteiger partial charge is 0.135 e. The zero-order valence-corrected chi connectivity index (χ0v) is 9.89. The second kappa shape index (κ2) is 3.61. The van der Waals surface area contributed by atoms with Gasteiger partial charge in [-0.25, -0.2) is 0 Å². The molecule has 0 N–H and O–H groups in total. The van der Waals surface area contributed by atoms with Crippen LogP contribution in [0.2, 0.25) is 0 Å². The topological polar surface area (TPSA) is 9.23 Å². The second-order valence-electron chi connectivity index (χ2n) is 4.58. The van der Waals surface area contributed by atoms with Gasteiger partial charge in [-0.3, -0.25) is 0 Å². The Kier molecular flexibility index (Phi) is 1.95. The average molecular weight is 232 g/mol. The summed E-state index contributed by atoms with van der Waals surface area (Å²) in [5.41, 5.74) is 3.72. The van der Waals surface area contributed by atoms with Crippen molar-refractivity contribution in [2.24, 2.45) is 0 Å². The quantitative estimate of drug-likeness (QED) is 0.560. The van der Waals surface area contributed by atoms with Gasteiger partial charge in [0.1, 0.15) is 12.4 Å². The zero-order valence-electron chi connectivity index (χ0n) is 9.89. The Bertz CT molecular complexity index is 740. The number of ether oxygens (including phenoxy) is 1. The van der Waals surface area contributed by atoms with Crippen LogP contribution in [0.3, 0.4) is 0 Å². The van der Waals surface area contributed by atoms with Gasteiger partial charge in [0.15, 0.2) is 0 Å². The molecule has 1 heteroatoms. The van der Waals surface area contributed by atoms with E-state index in [1.807, 2.05) is 0 Å². The van der Waals surface area contributed by atoms with E-state index in [0.29, 0.717) is 6.61 Å². The van der Waals surface area contributed by atoms with E-state index in [0.717, 1.165) is 5.75 Å². The molecule has 0 unspecified atom stereocenters. The molecular formula is C17H12O. The van der Waals surface area contributed by atoms with Gasteiger partial charge in [-0.15, -0.1) is 0 Å². The molecule has 0 atom stereocenters. The Morgan fingerprint density at radius 2 is 1.89 bits per heavy atom. The Hall–Kier alpha value is -2.28. The fraction of sp³-hybridized carbons (Fsp3) is 0.0588. The van der Waals surface area contributed by atoms with Crippen LogP contribution in [-0.2, 0) is 0 Å². The molecule has 86 valence electrons. The Balaban J connectivity index is 2.27. The molecule has 0 spiro atoms. The Morgan fingerprint density at radius 1 is 0.944 bits per heavy atom. The lowest BCUT2D eigenvalue weighted by atomic mass is 10.1. The van der Waals surface area contributed by atoms with Gasteiger partial charge in [0.2, 0.25) is 0 Å². The predicted molar refractivity (Wildman–Crippen MR) is 75.1 cm³/mol. The highest BCUT2D eigenvalue weighted by Gasteiger charge is 2.15. The molecule has 18 heavy (non-hydrogen) atoms. The van der Waals surface area contributed by atoms with E-state index in [9.17, 15) is 0 Å². The van der Waals surface area contributed by atoms with Gasteiger partial charge < -0.3 is 4.74 Å². The van der Waals surface area contributed by atoms with E-state index in [1.54, 1.807) is 0 Å². The molecule has 1 aliphatic heterocycles. The fourth-order valence-electron chi connectivity index (χ4n) is 2.69. The van der Waals surface area contributed by atoms with Crippen molar-refractivity contribution in [3.05, 3.63) is 60.2 Å². The lowest BCUT2D eigenvalue weighted by Gasteiger charge is -2.13. The van der Waals surface area contributed by atoms with Crippen molar-refractivity contribution >= 4 is 16.8 Å². The van der Waals surface area contributed by atoms with Crippen molar-refractivity contribution in [3.8, 4) is 16.9 Å². The van der Waals surface area contributed by atoms with Crippen molar-refractivity contribution in [2.75, 3.05) is 6.61 Å². The summed E-state index contributed by atoms with van der Waals surface area (Å²) >= 11 is 0. The summed E-state index contributed by atoms with van der Waals surface area (Å²) in [4.78, 5) is 0. The lowest BCUT2D eigenvalue weighted by Crippen LogP contribution is -1.99. The van der Waals surface area contributed by atoms with Crippen LogP contribution in [0.25, 0.3) is 28.0 Å². The van der Waals surface area contributed by atoms with Crippen molar-refractivity contribution in [1.29, 1.82) is 0 Å². The molecule has 1 aromatic carbocycles. The van der Waals surface area contributed by atoms with Gasteiger partial charge >= 0.3 is 0 Å². The molecule has 1 heterocycles. The summed E-state index contributed by atoms with van der Waals surface area (Å²) in [5.74, 6) is 1.01. The number of rotatable bonds is 0. The van der Waals surface area contributed by atoms with Crippen molar-refractivity contribution < 1.29 is 4.74 Å². The minimum atomic E-state index is 0.656. The second-order valence-corrected chi connectivity index (χ2v) is 4.58. The van der Waals surface area contributed by atoms with Crippen LogP contribution in [0, 0.1) is 0 Å². The summed E-state index contributed by atoms with van der Waals surface area (Å²) in [7, 11) is 0. The number of fused-ring (bicyclic) bond motifs is 5. The first kappa shape index (κ1) is 9.72. The Morgan fingerprint density at radius 3 is 2.89 bits per heavy atom. The normalized spacial score (nSPS) is 13.6. The highest BCUT2D eigenvalue weighted by Crippen LogP contribution is 2.40. The molecule has 0 aromatic heterocycles. The number of hydrogen-bond donors (Lipinski definition) is 0. The molecule has 0 fully saturated rings.